The molecule has 2 aromatic carbocycles. The number of benzene rings is 2. The van der Waals surface area contributed by atoms with Crippen molar-refractivity contribution in [1.29, 1.82) is 0 Å². The number of nitrogen functional groups attached to an aromatic ring is 1. The van der Waals surface area contributed by atoms with E-state index < -0.39 is 5.97 Å². The SMILES string of the molecule is Cc1ccc(C)c(-c2cc(N)cc(C(=O)O)c2)c1. The van der Waals surface area contributed by atoms with Crippen molar-refractivity contribution >= 4 is 11.7 Å². The summed E-state index contributed by atoms with van der Waals surface area (Å²) in [5, 5.41) is 9.05. The van der Waals surface area contributed by atoms with E-state index in [2.05, 4.69) is 0 Å². The van der Waals surface area contributed by atoms with Gasteiger partial charge in [0.25, 0.3) is 0 Å². The van der Waals surface area contributed by atoms with E-state index in [9.17, 15) is 4.79 Å². The van der Waals surface area contributed by atoms with Gasteiger partial charge < -0.3 is 10.8 Å². The zero-order chi connectivity index (χ0) is 13.3. The molecule has 0 aliphatic rings. The van der Waals surface area contributed by atoms with Gasteiger partial charge in [-0.1, -0.05) is 23.8 Å². The minimum Gasteiger partial charge on any atom is -0.478 e. The summed E-state index contributed by atoms with van der Waals surface area (Å²) in [6.45, 7) is 4.01. The Morgan fingerprint density at radius 2 is 1.83 bits per heavy atom. The predicted octanol–water partition coefficient (Wildman–Crippen LogP) is 3.25. The van der Waals surface area contributed by atoms with Gasteiger partial charge in [0.15, 0.2) is 0 Å². The molecule has 3 N–H and O–H groups in total. The van der Waals surface area contributed by atoms with Crippen LogP contribution in [-0.4, -0.2) is 11.1 Å². The highest BCUT2D eigenvalue weighted by Crippen LogP contribution is 2.27. The third kappa shape index (κ3) is 2.35. The van der Waals surface area contributed by atoms with Crippen LogP contribution >= 0.6 is 0 Å². The van der Waals surface area contributed by atoms with Crippen molar-refractivity contribution in [2.75, 3.05) is 5.73 Å². The third-order valence-electron chi connectivity index (χ3n) is 2.91. The lowest BCUT2D eigenvalue weighted by Crippen LogP contribution is -1.99. The molecule has 3 heteroatoms. The Morgan fingerprint density at radius 1 is 1.11 bits per heavy atom. The fourth-order valence-corrected chi connectivity index (χ4v) is 1.98. The lowest BCUT2D eigenvalue weighted by Gasteiger charge is -2.09. The molecule has 3 nitrogen and oxygen atoms in total. The van der Waals surface area contributed by atoms with Crippen LogP contribution in [0, 0.1) is 13.8 Å². The largest absolute Gasteiger partial charge is 0.478 e. The van der Waals surface area contributed by atoms with Crippen molar-refractivity contribution in [3.8, 4) is 11.1 Å². The Balaban J connectivity index is 2.63. The van der Waals surface area contributed by atoms with Gasteiger partial charge in [-0.05, 0) is 48.7 Å². The van der Waals surface area contributed by atoms with Crippen molar-refractivity contribution in [2.45, 2.75) is 13.8 Å². The molecule has 0 aromatic heterocycles. The molecular weight excluding hydrogens is 226 g/mol. The van der Waals surface area contributed by atoms with Crippen molar-refractivity contribution in [3.63, 3.8) is 0 Å². The summed E-state index contributed by atoms with van der Waals surface area (Å²) in [7, 11) is 0. The molecule has 0 aliphatic carbocycles. The number of carboxylic acids is 1. The van der Waals surface area contributed by atoms with Crippen molar-refractivity contribution in [2.24, 2.45) is 0 Å². The van der Waals surface area contributed by atoms with Crippen LogP contribution in [0.4, 0.5) is 5.69 Å². The number of nitrogens with two attached hydrogens (primary N) is 1. The second-order valence-corrected chi connectivity index (χ2v) is 4.47. The van der Waals surface area contributed by atoms with Crippen LogP contribution in [0.3, 0.4) is 0 Å². The highest BCUT2D eigenvalue weighted by atomic mass is 16.4. The number of carboxylic acid groups (broad SMARTS) is 1. The van der Waals surface area contributed by atoms with Gasteiger partial charge in [-0.3, -0.25) is 0 Å². The Kier molecular flexibility index (Phi) is 3.06. The summed E-state index contributed by atoms with van der Waals surface area (Å²) in [6.07, 6.45) is 0. The van der Waals surface area contributed by atoms with E-state index in [-0.39, 0.29) is 5.56 Å². The van der Waals surface area contributed by atoms with E-state index in [1.54, 1.807) is 12.1 Å². The molecular formula is C15H15NO2. The average molecular weight is 241 g/mol. The van der Waals surface area contributed by atoms with Gasteiger partial charge in [0.1, 0.15) is 0 Å². The first-order valence-electron chi connectivity index (χ1n) is 5.69. The maximum atomic E-state index is 11.0. The molecule has 0 amide bonds. The topological polar surface area (TPSA) is 63.3 Å². The minimum absolute atomic E-state index is 0.214. The minimum atomic E-state index is -0.964. The second kappa shape index (κ2) is 4.53. The molecule has 0 bridgehead atoms. The van der Waals surface area contributed by atoms with E-state index in [4.69, 9.17) is 10.8 Å². The average Bonchev–Trinajstić information content (AvgIpc) is 2.31. The number of anilines is 1. The zero-order valence-corrected chi connectivity index (χ0v) is 10.4. The fraction of sp³-hybridized carbons (Fsp3) is 0.133. The van der Waals surface area contributed by atoms with E-state index in [1.165, 1.54) is 6.07 Å². The van der Waals surface area contributed by atoms with E-state index in [0.717, 1.165) is 22.3 Å². The maximum absolute atomic E-state index is 11.0. The van der Waals surface area contributed by atoms with Crippen molar-refractivity contribution in [1.82, 2.24) is 0 Å². The smallest absolute Gasteiger partial charge is 0.335 e. The van der Waals surface area contributed by atoms with Crippen molar-refractivity contribution in [3.05, 3.63) is 53.1 Å². The maximum Gasteiger partial charge on any atom is 0.335 e. The quantitative estimate of drug-likeness (QED) is 0.793. The summed E-state index contributed by atoms with van der Waals surface area (Å²) in [4.78, 5) is 11.0. The molecule has 0 aliphatic heterocycles. The first kappa shape index (κ1) is 12.2. The summed E-state index contributed by atoms with van der Waals surface area (Å²) < 4.78 is 0. The Morgan fingerprint density at radius 3 is 2.50 bits per heavy atom. The first-order valence-corrected chi connectivity index (χ1v) is 5.69. The normalized spacial score (nSPS) is 10.3. The summed E-state index contributed by atoms with van der Waals surface area (Å²) in [5.41, 5.74) is 10.5. The molecule has 0 unspecified atom stereocenters. The van der Waals surface area contributed by atoms with Crippen LogP contribution in [-0.2, 0) is 0 Å². The predicted molar refractivity (Wildman–Crippen MR) is 72.7 cm³/mol. The molecule has 0 atom stereocenters. The number of carbonyl (C=O) groups is 1. The van der Waals surface area contributed by atoms with E-state index in [0.29, 0.717) is 5.69 Å². The van der Waals surface area contributed by atoms with Gasteiger partial charge >= 0.3 is 5.97 Å². The number of aryl methyl sites for hydroxylation is 2. The Hall–Kier alpha value is -2.29. The lowest BCUT2D eigenvalue weighted by atomic mass is 9.96. The van der Waals surface area contributed by atoms with Gasteiger partial charge in [-0.15, -0.1) is 0 Å². The van der Waals surface area contributed by atoms with Crippen LogP contribution in [0.15, 0.2) is 36.4 Å². The highest BCUT2D eigenvalue weighted by molar-refractivity contribution is 5.91. The zero-order valence-electron chi connectivity index (χ0n) is 10.4. The lowest BCUT2D eigenvalue weighted by molar-refractivity contribution is 0.0697. The van der Waals surface area contributed by atoms with Crippen molar-refractivity contribution < 1.29 is 9.90 Å². The monoisotopic (exact) mass is 241 g/mol. The van der Waals surface area contributed by atoms with Gasteiger partial charge in [-0.2, -0.15) is 0 Å². The molecule has 18 heavy (non-hydrogen) atoms. The van der Waals surface area contributed by atoms with Crippen LogP contribution in [0.1, 0.15) is 21.5 Å². The fourth-order valence-electron chi connectivity index (χ4n) is 1.98. The first-order chi connectivity index (χ1) is 8.47. The van der Waals surface area contributed by atoms with Gasteiger partial charge in [-0.25, -0.2) is 4.79 Å². The number of aromatic carboxylic acids is 1. The van der Waals surface area contributed by atoms with Crippen LogP contribution < -0.4 is 5.73 Å². The molecule has 0 saturated heterocycles. The molecule has 92 valence electrons. The molecule has 0 radical (unpaired) electrons. The molecule has 2 aromatic rings. The third-order valence-corrected chi connectivity index (χ3v) is 2.91. The summed E-state index contributed by atoms with van der Waals surface area (Å²) >= 11 is 0. The number of hydrogen-bond acceptors (Lipinski definition) is 2. The van der Waals surface area contributed by atoms with Gasteiger partial charge in [0.05, 0.1) is 5.56 Å². The van der Waals surface area contributed by atoms with Crippen LogP contribution in [0.2, 0.25) is 0 Å². The number of rotatable bonds is 2. The van der Waals surface area contributed by atoms with Gasteiger partial charge in [0, 0.05) is 5.69 Å². The standard InChI is InChI=1S/C15H15NO2/c1-9-3-4-10(2)14(5-9)11-6-12(15(17)18)8-13(16)7-11/h3-8H,16H2,1-2H3,(H,17,18). The Bertz CT molecular complexity index is 618. The molecule has 0 saturated carbocycles. The highest BCUT2D eigenvalue weighted by Gasteiger charge is 2.09. The molecule has 0 spiro atoms. The van der Waals surface area contributed by atoms with Crippen LogP contribution in [0.25, 0.3) is 11.1 Å². The molecule has 0 fully saturated rings. The summed E-state index contributed by atoms with van der Waals surface area (Å²) in [5.74, 6) is -0.964. The van der Waals surface area contributed by atoms with Crippen LogP contribution in [0.5, 0.6) is 0 Å². The second-order valence-electron chi connectivity index (χ2n) is 4.47. The van der Waals surface area contributed by atoms with E-state index >= 15 is 0 Å². The van der Waals surface area contributed by atoms with E-state index in [1.807, 2.05) is 32.0 Å². The molecule has 0 heterocycles. The molecule has 2 rings (SSSR count). The number of hydrogen-bond donors (Lipinski definition) is 2. The summed E-state index contributed by atoms with van der Waals surface area (Å²) in [6, 6.07) is 11.0. The Labute approximate surface area is 106 Å². The van der Waals surface area contributed by atoms with Gasteiger partial charge in [0.2, 0.25) is 0 Å².